The van der Waals surface area contributed by atoms with E-state index in [4.69, 9.17) is 16.3 Å². The minimum atomic E-state index is -0.0654. The Hall–Kier alpha value is -3.16. The van der Waals surface area contributed by atoms with Gasteiger partial charge in [-0.2, -0.15) is 5.10 Å². The number of nitrogens with zero attached hydrogens (tertiary/aromatic N) is 3. The maximum atomic E-state index is 12.4. The molecule has 0 atom stereocenters. The molecule has 4 rings (SSSR count). The summed E-state index contributed by atoms with van der Waals surface area (Å²) < 4.78 is 7.57. The minimum Gasteiger partial charge on any atom is -0.486 e. The summed E-state index contributed by atoms with van der Waals surface area (Å²) in [6.45, 7) is 1.49. The molecule has 0 unspecified atom stereocenters. The van der Waals surface area contributed by atoms with Gasteiger partial charge >= 0.3 is 0 Å². The second-order valence-corrected chi connectivity index (χ2v) is 8.28. The number of hydrogen-bond acceptors (Lipinski definition) is 5. The average Bonchev–Trinajstić information content (AvgIpc) is 3.45. The highest BCUT2D eigenvalue weighted by Crippen LogP contribution is 2.18. The fourth-order valence-electron chi connectivity index (χ4n) is 3.05. The second kappa shape index (κ2) is 10.2. The molecule has 0 aliphatic carbocycles. The topological polar surface area (TPSA) is 69.0 Å². The highest BCUT2D eigenvalue weighted by Gasteiger charge is 2.10. The maximum absolute atomic E-state index is 12.4. The second-order valence-electron chi connectivity index (χ2n) is 6.90. The summed E-state index contributed by atoms with van der Waals surface area (Å²) in [5.41, 5.74) is 2.94. The Labute approximate surface area is 189 Å². The van der Waals surface area contributed by atoms with E-state index in [9.17, 15) is 4.79 Å². The van der Waals surface area contributed by atoms with Gasteiger partial charge < -0.3 is 10.1 Å². The van der Waals surface area contributed by atoms with Crippen molar-refractivity contribution in [3.05, 3.63) is 99.2 Å². The molecule has 2 aromatic carbocycles. The number of carbonyl (C=O) groups is 1. The number of aromatic nitrogens is 3. The summed E-state index contributed by atoms with van der Waals surface area (Å²) in [5.74, 6) is 0.664. The van der Waals surface area contributed by atoms with E-state index in [-0.39, 0.29) is 12.3 Å². The monoisotopic (exact) mass is 452 g/mol. The van der Waals surface area contributed by atoms with Gasteiger partial charge in [-0.05, 0) is 41.5 Å². The number of ether oxygens (including phenoxy) is 1. The Morgan fingerprint density at radius 1 is 1.10 bits per heavy atom. The lowest BCUT2D eigenvalue weighted by Crippen LogP contribution is -2.25. The Bertz CT molecular complexity index is 1130. The van der Waals surface area contributed by atoms with Crippen LogP contribution in [0.3, 0.4) is 0 Å². The van der Waals surface area contributed by atoms with E-state index in [1.807, 2.05) is 52.7 Å². The molecule has 0 spiro atoms. The van der Waals surface area contributed by atoms with Crippen LogP contribution in [0.4, 0.5) is 0 Å². The van der Waals surface area contributed by atoms with Gasteiger partial charge in [-0.1, -0.05) is 35.9 Å². The molecule has 158 valence electrons. The standard InChI is InChI=1S/C23H21ClN4O2S/c24-19-6-8-21(9-7-19)30-15-23-27-20(16-31-23)12-22(29)25-13-17-4-1-2-5-18(17)14-28-11-3-10-26-28/h1-11,16H,12-15H2,(H,25,29). The largest absolute Gasteiger partial charge is 0.486 e. The number of benzene rings is 2. The van der Waals surface area contributed by atoms with E-state index in [1.165, 1.54) is 11.3 Å². The number of amides is 1. The van der Waals surface area contributed by atoms with Gasteiger partial charge in [0.25, 0.3) is 0 Å². The molecule has 2 aromatic heterocycles. The summed E-state index contributed by atoms with van der Waals surface area (Å²) in [4.78, 5) is 16.9. The fourth-order valence-corrected chi connectivity index (χ4v) is 3.88. The Kier molecular flexibility index (Phi) is 6.96. The van der Waals surface area contributed by atoms with Gasteiger partial charge in [0.15, 0.2) is 0 Å². The van der Waals surface area contributed by atoms with Crippen molar-refractivity contribution in [3.63, 3.8) is 0 Å². The van der Waals surface area contributed by atoms with E-state index in [2.05, 4.69) is 21.5 Å². The first-order chi connectivity index (χ1) is 15.2. The molecule has 8 heteroatoms. The van der Waals surface area contributed by atoms with Crippen molar-refractivity contribution in [2.45, 2.75) is 26.1 Å². The normalized spacial score (nSPS) is 10.7. The Morgan fingerprint density at radius 3 is 2.68 bits per heavy atom. The van der Waals surface area contributed by atoms with Gasteiger partial charge in [-0.3, -0.25) is 9.48 Å². The van der Waals surface area contributed by atoms with Crippen molar-refractivity contribution in [1.29, 1.82) is 0 Å². The predicted molar refractivity (Wildman–Crippen MR) is 121 cm³/mol. The van der Waals surface area contributed by atoms with E-state index in [1.54, 1.807) is 18.3 Å². The molecular formula is C23H21ClN4O2S. The molecular weight excluding hydrogens is 432 g/mol. The first-order valence-corrected chi connectivity index (χ1v) is 11.0. The third kappa shape index (κ3) is 6.16. The lowest BCUT2D eigenvalue weighted by Gasteiger charge is -2.10. The van der Waals surface area contributed by atoms with Gasteiger partial charge in [0.05, 0.1) is 18.7 Å². The summed E-state index contributed by atoms with van der Waals surface area (Å²) in [6.07, 6.45) is 3.91. The average molecular weight is 453 g/mol. The predicted octanol–water partition coefficient (Wildman–Crippen LogP) is 4.48. The molecule has 0 bridgehead atoms. The van der Waals surface area contributed by atoms with Crippen LogP contribution in [0.1, 0.15) is 21.8 Å². The zero-order valence-electron chi connectivity index (χ0n) is 16.7. The molecule has 1 amide bonds. The molecule has 0 radical (unpaired) electrons. The van der Waals surface area contributed by atoms with Crippen LogP contribution in [0.25, 0.3) is 0 Å². The summed E-state index contributed by atoms with van der Waals surface area (Å²) in [7, 11) is 0. The van der Waals surface area contributed by atoms with Crippen molar-refractivity contribution in [2.24, 2.45) is 0 Å². The first kappa shape index (κ1) is 21.1. The summed E-state index contributed by atoms with van der Waals surface area (Å²) in [6, 6.07) is 17.1. The summed E-state index contributed by atoms with van der Waals surface area (Å²) in [5, 5.41) is 10.6. The maximum Gasteiger partial charge on any atom is 0.226 e. The molecule has 2 heterocycles. The third-order valence-corrected chi connectivity index (χ3v) is 5.73. The van der Waals surface area contributed by atoms with Crippen LogP contribution in [0.15, 0.2) is 72.4 Å². The fraction of sp³-hybridized carbons (Fsp3) is 0.174. The van der Waals surface area contributed by atoms with Crippen molar-refractivity contribution in [2.75, 3.05) is 0 Å². The quantitative estimate of drug-likeness (QED) is 0.406. The van der Waals surface area contributed by atoms with E-state index in [0.717, 1.165) is 27.6 Å². The van der Waals surface area contributed by atoms with Gasteiger partial charge in [0.1, 0.15) is 17.4 Å². The highest BCUT2D eigenvalue weighted by molar-refractivity contribution is 7.09. The molecule has 0 saturated carbocycles. The van der Waals surface area contributed by atoms with E-state index in [0.29, 0.717) is 24.7 Å². The van der Waals surface area contributed by atoms with Crippen LogP contribution in [-0.2, 0) is 30.9 Å². The Morgan fingerprint density at radius 2 is 1.90 bits per heavy atom. The van der Waals surface area contributed by atoms with Gasteiger partial charge in [-0.25, -0.2) is 4.98 Å². The van der Waals surface area contributed by atoms with Gasteiger partial charge in [-0.15, -0.1) is 11.3 Å². The third-order valence-electron chi connectivity index (χ3n) is 4.60. The molecule has 1 N–H and O–H groups in total. The van der Waals surface area contributed by atoms with Gasteiger partial charge in [0.2, 0.25) is 5.91 Å². The van der Waals surface area contributed by atoms with Crippen LogP contribution in [0, 0.1) is 0 Å². The number of carbonyl (C=O) groups excluding carboxylic acids is 1. The minimum absolute atomic E-state index is 0.0654. The first-order valence-electron chi connectivity index (χ1n) is 9.78. The molecule has 0 aliphatic heterocycles. The molecule has 6 nitrogen and oxygen atoms in total. The smallest absolute Gasteiger partial charge is 0.226 e. The molecule has 0 aliphatic rings. The van der Waals surface area contributed by atoms with Crippen molar-refractivity contribution in [1.82, 2.24) is 20.1 Å². The van der Waals surface area contributed by atoms with Crippen molar-refractivity contribution in [3.8, 4) is 5.75 Å². The van der Waals surface area contributed by atoms with Crippen LogP contribution in [0.5, 0.6) is 5.75 Å². The number of nitrogens with one attached hydrogen (secondary N) is 1. The zero-order valence-corrected chi connectivity index (χ0v) is 18.3. The van der Waals surface area contributed by atoms with Gasteiger partial charge in [0, 0.05) is 29.3 Å². The zero-order chi connectivity index (χ0) is 21.5. The van der Waals surface area contributed by atoms with E-state index >= 15 is 0 Å². The van der Waals surface area contributed by atoms with Crippen LogP contribution >= 0.6 is 22.9 Å². The molecule has 0 saturated heterocycles. The number of halogens is 1. The lowest BCUT2D eigenvalue weighted by atomic mass is 10.1. The van der Waals surface area contributed by atoms with E-state index < -0.39 is 0 Å². The summed E-state index contributed by atoms with van der Waals surface area (Å²) >= 11 is 7.36. The molecule has 31 heavy (non-hydrogen) atoms. The van der Waals surface area contributed by atoms with Crippen molar-refractivity contribution >= 4 is 28.8 Å². The van der Waals surface area contributed by atoms with Crippen LogP contribution in [-0.4, -0.2) is 20.7 Å². The Balaban J connectivity index is 1.27. The molecule has 0 fully saturated rings. The number of thiazole rings is 1. The van der Waals surface area contributed by atoms with Crippen LogP contribution in [0.2, 0.25) is 5.02 Å². The lowest BCUT2D eigenvalue weighted by molar-refractivity contribution is -0.120. The van der Waals surface area contributed by atoms with Crippen molar-refractivity contribution < 1.29 is 9.53 Å². The number of rotatable bonds is 9. The number of hydrogen-bond donors (Lipinski definition) is 1. The molecule has 4 aromatic rings. The highest BCUT2D eigenvalue weighted by atomic mass is 35.5. The SMILES string of the molecule is O=C(Cc1csc(COc2ccc(Cl)cc2)n1)NCc1ccccc1Cn1cccn1. The van der Waals surface area contributed by atoms with Crippen LogP contribution < -0.4 is 10.1 Å².